The van der Waals surface area contributed by atoms with Crippen molar-refractivity contribution in [2.24, 2.45) is 5.11 Å². The molecule has 1 aromatic heterocycles. The molecule has 2 rings (SSSR count). The van der Waals surface area contributed by atoms with Crippen molar-refractivity contribution in [3.63, 3.8) is 0 Å². The van der Waals surface area contributed by atoms with E-state index in [9.17, 15) is 0 Å². The van der Waals surface area contributed by atoms with E-state index >= 15 is 0 Å². The summed E-state index contributed by atoms with van der Waals surface area (Å²) in [6, 6.07) is 7.71. The fourth-order valence-corrected chi connectivity index (χ4v) is 2.15. The number of hydrogen-bond acceptors (Lipinski definition) is 3. The number of fused-ring (bicyclic) bond motifs is 1. The van der Waals surface area contributed by atoms with Crippen molar-refractivity contribution in [1.29, 1.82) is 0 Å². The minimum absolute atomic E-state index is 0.183. The minimum Gasteiger partial charge on any atom is -0.241 e. The van der Waals surface area contributed by atoms with Crippen LogP contribution in [0.4, 0.5) is 0 Å². The third-order valence-electron chi connectivity index (χ3n) is 1.89. The molecule has 1 atom stereocenters. The SMILES string of the molecule is CC(N=[N+]=[N-])c1nc2ccccc2s1. The Morgan fingerprint density at radius 1 is 1.50 bits per heavy atom. The second-order valence-electron chi connectivity index (χ2n) is 2.90. The van der Waals surface area contributed by atoms with Gasteiger partial charge in [0.2, 0.25) is 0 Å². The van der Waals surface area contributed by atoms with E-state index in [2.05, 4.69) is 15.0 Å². The van der Waals surface area contributed by atoms with Crippen LogP contribution < -0.4 is 0 Å². The molecule has 0 N–H and O–H groups in total. The van der Waals surface area contributed by atoms with Crippen LogP contribution in [0.2, 0.25) is 0 Å². The van der Waals surface area contributed by atoms with E-state index in [-0.39, 0.29) is 6.04 Å². The van der Waals surface area contributed by atoms with Crippen LogP contribution in [0.3, 0.4) is 0 Å². The molecular weight excluding hydrogens is 196 g/mol. The van der Waals surface area contributed by atoms with Gasteiger partial charge in [-0.25, -0.2) is 4.98 Å². The molecule has 1 unspecified atom stereocenters. The van der Waals surface area contributed by atoms with Crippen molar-refractivity contribution in [2.75, 3.05) is 0 Å². The molecule has 70 valence electrons. The zero-order chi connectivity index (χ0) is 9.97. The fraction of sp³-hybridized carbons (Fsp3) is 0.222. The van der Waals surface area contributed by atoms with E-state index in [0.29, 0.717) is 0 Å². The Balaban J connectivity index is 2.49. The van der Waals surface area contributed by atoms with Gasteiger partial charge in [-0.2, -0.15) is 0 Å². The minimum atomic E-state index is -0.183. The topological polar surface area (TPSA) is 61.7 Å². The highest BCUT2D eigenvalue weighted by atomic mass is 32.1. The molecule has 0 bridgehead atoms. The molecule has 0 saturated carbocycles. The molecule has 1 heterocycles. The molecule has 0 aliphatic heterocycles. The monoisotopic (exact) mass is 204 g/mol. The van der Waals surface area contributed by atoms with Crippen LogP contribution in [0.25, 0.3) is 20.7 Å². The van der Waals surface area contributed by atoms with Gasteiger partial charge < -0.3 is 0 Å². The van der Waals surface area contributed by atoms with E-state index in [4.69, 9.17) is 5.53 Å². The maximum Gasteiger partial charge on any atom is 0.102 e. The van der Waals surface area contributed by atoms with Crippen LogP contribution >= 0.6 is 11.3 Å². The lowest BCUT2D eigenvalue weighted by molar-refractivity contribution is 0.800. The number of azide groups is 1. The lowest BCUT2D eigenvalue weighted by Crippen LogP contribution is -1.84. The zero-order valence-electron chi connectivity index (χ0n) is 7.58. The first kappa shape index (κ1) is 8.99. The van der Waals surface area contributed by atoms with Gasteiger partial charge in [0.25, 0.3) is 0 Å². The normalized spacial score (nSPS) is 12.4. The van der Waals surface area contributed by atoms with Gasteiger partial charge in [0.1, 0.15) is 5.01 Å². The van der Waals surface area contributed by atoms with Crippen LogP contribution in [-0.4, -0.2) is 4.98 Å². The molecule has 0 fully saturated rings. The van der Waals surface area contributed by atoms with Crippen molar-refractivity contribution in [2.45, 2.75) is 13.0 Å². The van der Waals surface area contributed by atoms with Gasteiger partial charge in [0.15, 0.2) is 0 Å². The van der Waals surface area contributed by atoms with Gasteiger partial charge >= 0.3 is 0 Å². The molecular formula is C9H8N4S. The predicted molar refractivity (Wildman–Crippen MR) is 57.2 cm³/mol. The number of hydrogen-bond donors (Lipinski definition) is 0. The van der Waals surface area contributed by atoms with Crippen molar-refractivity contribution < 1.29 is 0 Å². The maximum atomic E-state index is 8.31. The van der Waals surface area contributed by atoms with Crippen LogP contribution in [0.5, 0.6) is 0 Å². The third kappa shape index (κ3) is 1.55. The Morgan fingerprint density at radius 3 is 3.00 bits per heavy atom. The van der Waals surface area contributed by atoms with Crippen LogP contribution in [0.15, 0.2) is 29.4 Å². The smallest absolute Gasteiger partial charge is 0.102 e. The van der Waals surface area contributed by atoms with Gasteiger partial charge in [-0.05, 0) is 17.7 Å². The van der Waals surface area contributed by atoms with E-state index in [0.717, 1.165) is 15.2 Å². The number of para-hydroxylation sites is 1. The van der Waals surface area contributed by atoms with E-state index in [1.807, 2.05) is 31.2 Å². The second kappa shape index (κ2) is 3.65. The number of thiazole rings is 1. The molecule has 5 heteroatoms. The molecule has 0 aliphatic rings. The number of nitrogens with zero attached hydrogens (tertiary/aromatic N) is 4. The second-order valence-corrected chi connectivity index (χ2v) is 3.96. The Morgan fingerprint density at radius 2 is 2.29 bits per heavy atom. The standard InChI is InChI=1S/C9H8N4S/c1-6(12-13-10)9-11-7-4-2-3-5-8(7)14-9/h2-6H,1H3. The lowest BCUT2D eigenvalue weighted by atomic mass is 10.3. The van der Waals surface area contributed by atoms with Crippen molar-refractivity contribution in [3.8, 4) is 0 Å². The average molecular weight is 204 g/mol. The summed E-state index contributed by atoms with van der Waals surface area (Å²) in [6.07, 6.45) is 0. The van der Waals surface area contributed by atoms with Gasteiger partial charge in [0.05, 0.1) is 16.3 Å². The van der Waals surface area contributed by atoms with Gasteiger partial charge in [-0.1, -0.05) is 24.2 Å². The summed E-state index contributed by atoms with van der Waals surface area (Å²) in [7, 11) is 0. The van der Waals surface area contributed by atoms with Gasteiger partial charge in [-0.15, -0.1) is 11.3 Å². The molecule has 2 aromatic rings. The number of rotatable bonds is 2. The highest BCUT2D eigenvalue weighted by Crippen LogP contribution is 2.27. The first-order chi connectivity index (χ1) is 6.81. The van der Waals surface area contributed by atoms with E-state index in [1.165, 1.54) is 0 Å². The molecule has 1 aromatic carbocycles. The van der Waals surface area contributed by atoms with Gasteiger partial charge in [-0.3, -0.25) is 0 Å². The molecule has 4 nitrogen and oxygen atoms in total. The first-order valence-electron chi connectivity index (χ1n) is 4.21. The predicted octanol–water partition coefficient (Wildman–Crippen LogP) is 3.67. The van der Waals surface area contributed by atoms with Crippen LogP contribution in [-0.2, 0) is 0 Å². The summed E-state index contributed by atoms with van der Waals surface area (Å²) < 4.78 is 1.13. The summed E-state index contributed by atoms with van der Waals surface area (Å²) in [5.41, 5.74) is 9.27. The van der Waals surface area contributed by atoms with Crippen molar-refractivity contribution >= 4 is 21.6 Å². The van der Waals surface area contributed by atoms with Crippen molar-refractivity contribution in [3.05, 3.63) is 39.7 Å². The molecule has 14 heavy (non-hydrogen) atoms. The zero-order valence-corrected chi connectivity index (χ0v) is 8.40. The summed E-state index contributed by atoms with van der Waals surface area (Å²) in [6.45, 7) is 1.84. The quantitative estimate of drug-likeness (QED) is 0.418. The number of aromatic nitrogens is 1. The molecule has 0 saturated heterocycles. The van der Waals surface area contributed by atoms with Gasteiger partial charge in [0, 0.05) is 4.91 Å². The number of benzene rings is 1. The Labute approximate surface area is 84.8 Å². The maximum absolute atomic E-state index is 8.31. The molecule has 0 spiro atoms. The van der Waals surface area contributed by atoms with Crippen molar-refractivity contribution in [1.82, 2.24) is 4.98 Å². The Hall–Kier alpha value is -1.58. The fourth-order valence-electron chi connectivity index (χ4n) is 1.20. The summed E-state index contributed by atoms with van der Waals surface area (Å²) in [5, 5.41) is 4.48. The average Bonchev–Trinajstić information content (AvgIpc) is 2.61. The van der Waals surface area contributed by atoms with E-state index in [1.54, 1.807) is 11.3 Å². The Bertz CT molecular complexity index is 465. The first-order valence-corrected chi connectivity index (χ1v) is 5.02. The highest BCUT2D eigenvalue weighted by molar-refractivity contribution is 7.18. The summed E-state index contributed by atoms with van der Waals surface area (Å²) >= 11 is 1.57. The molecule has 0 aliphatic carbocycles. The Kier molecular flexibility index (Phi) is 2.35. The third-order valence-corrected chi connectivity index (χ3v) is 3.10. The summed E-state index contributed by atoms with van der Waals surface area (Å²) in [5.74, 6) is 0. The van der Waals surface area contributed by atoms with E-state index < -0.39 is 0 Å². The van der Waals surface area contributed by atoms with Crippen LogP contribution in [0.1, 0.15) is 18.0 Å². The highest BCUT2D eigenvalue weighted by Gasteiger charge is 2.08. The van der Waals surface area contributed by atoms with Crippen LogP contribution in [0, 0.1) is 0 Å². The summed E-state index contributed by atoms with van der Waals surface area (Å²) in [4.78, 5) is 7.16. The lowest BCUT2D eigenvalue weighted by Gasteiger charge is -1.95. The largest absolute Gasteiger partial charge is 0.241 e. The molecule has 0 radical (unpaired) electrons. The molecule has 0 amide bonds.